The Labute approximate surface area is 104 Å². The molecule has 1 heterocycles. The molecule has 0 amide bonds. The highest BCUT2D eigenvalue weighted by molar-refractivity contribution is 6.00. The topological polar surface area (TPSA) is 22.0 Å². The Kier molecular flexibility index (Phi) is 5.19. The number of hydrogen-bond acceptors (Lipinski definition) is 1. The number of ketones is 1. The second-order valence-corrected chi connectivity index (χ2v) is 4.10. The fraction of sp³-hybridized carbons (Fsp3) is 0.462. The molecule has 1 aromatic rings. The average molecular weight is 259 g/mol. The molecule has 0 unspecified atom stereocenters. The molecule has 0 spiro atoms. The monoisotopic (exact) mass is 259 g/mol. The number of allylic oxidation sites excluding steroid dienone is 1. The number of unbranched alkanes of at least 4 members (excludes halogenated alkanes) is 3. The van der Waals surface area contributed by atoms with Crippen LogP contribution < -0.4 is 0 Å². The molecule has 2 nitrogen and oxygen atoms in total. The molecule has 0 saturated heterocycles. The van der Waals surface area contributed by atoms with Crippen molar-refractivity contribution in [2.45, 2.75) is 38.4 Å². The van der Waals surface area contributed by atoms with Gasteiger partial charge in [-0.05, 0) is 25.3 Å². The van der Waals surface area contributed by atoms with Crippen LogP contribution in [0.5, 0.6) is 0 Å². The zero-order chi connectivity index (χ0) is 13.6. The smallest absolute Gasteiger partial charge is 0.354 e. The lowest BCUT2D eigenvalue weighted by Crippen LogP contribution is -2.22. The van der Waals surface area contributed by atoms with Crippen molar-refractivity contribution >= 4 is 5.78 Å². The maximum atomic E-state index is 12.2. The van der Waals surface area contributed by atoms with E-state index in [1.807, 2.05) is 6.08 Å². The van der Waals surface area contributed by atoms with Gasteiger partial charge in [0.1, 0.15) is 0 Å². The van der Waals surface area contributed by atoms with Crippen LogP contribution >= 0.6 is 0 Å². The van der Waals surface area contributed by atoms with Gasteiger partial charge >= 0.3 is 6.18 Å². The highest BCUT2D eigenvalue weighted by Gasteiger charge is 2.39. The lowest BCUT2D eigenvalue weighted by Gasteiger charge is -2.03. The largest absolute Gasteiger partial charge is 0.454 e. The maximum Gasteiger partial charge on any atom is 0.454 e. The second kappa shape index (κ2) is 6.42. The molecule has 0 fully saturated rings. The number of rotatable bonds is 7. The molecule has 100 valence electrons. The summed E-state index contributed by atoms with van der Waals surface area (Å²) in [6, 6.07) is 1.21. The van der Waals surface area contributed by atoms with Crippen LogP contribution in [0.2, 0.25) is 0 Å². The highest BCUT2D eigenvalue weighted by Crippen LogP contribution is 2.21. The number of alkyl halides is 3. The number of carbonyl (C=O) groups excluding carboxylic acids is 1. The summed E-state index contributed by atoms with van der Waals surface area (Å²) in [5, 5.41) is 0. The Morgan fingerprint density at radius 3 is 2.67 bits per heavy atom. The third-order valence-electron chi connectivity index (χ3n) is 2.59. The van der Waals surface area contributed by atoms with Crippen molar-refractivity contribution in [3.8, 4) is 0 Å². The van der Waals surface area contributed by atoms with E-state index in [4.69, 9.17) is 0 Å². The molecule has 5 heteroatoms. The number of aromatic nitrogens is 1. The van der Waals surface area contributed by atoms with Gasteiger partial charge in [0.05, 0.1) is 0 Å². The Balaban J connectivity index is 2.44. The minimum absolute atomic E-state index is 0.298. The molecule has 1 rings (SSSR count). The van der Waals surface area contributed by atoms with Crippen LogP contribution in [0, 0.1) is 0 Å². The molecule has 0 N–H and O–H groups in total. The summed E-state index contributed by atoms with van der Waals surface area (Å²) in [6.07, 6.45) is 3.65. The number of hydrogen-bond donors (Lipinski definition) is 0. The number of aryl methyl sites for hydroxylation is 1. The van der Waals surface area contributed by atoms with E-state index in [1.165, 1.54) is 18.5 Å². The van der Waals surface area contributed by atoms with E-state index in [2.05, 4.69) is 6.58 Å². The normalized spacial score (nSPS) is 11.5. The van der Waals surface area contributed by atoms with Crippen LogP contribution in [0.1, 0.15) is 36.0 Å². The van der Waals surface area contributed by atoms with Crippen molar-refractivity contribution in [1.29, 1.82) is 0 Å². The van der Waals surface area contributed by atoms with Gasteiger partial charge in [-0.1, -0.05) is 12.5 Å². The Morgan fingerprint density at radius 2 is 2.06 bits per heavy atom. The van der Waals surface area contributed by atoms with Crippen molar-refractivity contribution in [2.75, 3.05) is 0 Å². The molecule has 1 aromatic heterocycles. The van der Waals surface area contributed by atoms with Gasteiger partial charge in [0, 0.05) is 24.5 Å². The molecule has 0 radical (unpaired) electrons. The van der Waals surface area contributed by atoms with Gasteiger partial charge in [0.2, 0.25) is 0 Å². The minimum Gasteiger partial charge on any atom is -0.354 e. The van der Waals surface area contributed by atoms with Crippen LogP contribution in [-0.4, -0.2) is 16.5 Å². The van der Waals surface area contributed by atoms with E-state index in [0.29, 0.717) is 6.54 Å². The van der Waals surface area contributed by atoms with E-state index in [-0.39, 0.29) is 5.56 Å². The summed E-state index contributed by atoms with van der Waals surface area (Å²) >= 11 is 0. The summed E-state index contributed by atoms with van der Waals surface area (Å²) in [6.45, 7) is 4.24. The van der Waals surface area contributed by atoms with Crippen LogP contribution in [0.15, 0.2) is 31.1 Å². The zero-order valence-electron chi connectivity index (χ0n) is 10.0. The highest BCUT2D eigenvalue weighted by atomic mass is 19.4. The van der Waals surface area contributed by atoms with E-state index >= 15 is 0 Å². The van der Waals surface area contributed by atoms with Crippen LogP contribution in [0.3, 0.4) is 0 Å². The Hall–Kier alpha value is -1.52. The first kappa shape index (κ1) is 14.5. The van der Waals surface area contributed by atoms with Gasteiger partial charge in [0.25, 0.3) is 5.78 Å². The van der Waals surface area contributed by atoms with Crippen LogP contribution in [-0.2, 0) is 6.54 Å². The van der Waals surface area contributed by atoms with E-state index in [1.54, 1.807) is 4.57 Å². The third kappa shape index (κ3) is 4.39. The van der Waals surface area contributed by atoms with Gasteiger partial charge in [-0.15, -0.1) is 6.58 Å². The fourth-order valence-electron chi connectivity index (χ4n) is 1.64. The van der Waals surface area contributed by atoms with Crippen molar-refractivity contribution in [3.63, 3.8) is 0 Å². The number of nitrogens with zero attached hydrogens (tertiary/aromatic N) is 1. The van der Waals surface area contributed by atoms with Gasteiger partial charge < -0.3 is 4.57 Å². The van der Waals surface area contributed by atoms with Crippen molar-refractivity contribution in [2.24, 2.45) is 0 Å². The Morgan fingerprint density at radius 1 is 1.33 bits per heavy atom. The van der Waals surface area contributed by atoms with Crippen molar-refractivity contribution in [1.82, 2.24) is 4.57 Å². The predicted octanol–water partition coefficient (Wildman–Crippen LogP) is 3.98. The molecular weight excluding hydrogens is 243 g/mol. The van der Waals surface area contributed by atoms with Crippen molar-refractivity contribution in [3.05, 3.63) is 36.7 Å². The molecule has 0 aromatic carbocycles. The number of Topliss-reactive ketones (excluding diaryl/α,β-unsaturated/α-hetero) is 1. The van der Waals surface area contributed by atoms with E-state index < -0.39 is 12.0 Å². The van der Waals surface area contributed by atoms with Crippen LogP contribution in [0.25, 0.3) is 0 Å². The molecular formula is C13H16F3NO. The predicted molar refractivity (Wildman–Crippen MR) is 63.5 cm³/mol. The summed E-state index contributed by atoms with van der Waals surface area (Å²) in [4.78, 5) is 10.9. The first-order chi connectivity index (χ1) is 8.45. The molecule has 0 bridgehead atoms. The quantitative estimate of drug-likeness (QED) is 0.412. The van der Waals surface area contributed by atoms with E-state index in [9.17, 15) is 18.0 Å². The van der Waals surface area contributed by atoms with Crippen LogP contribution in [0.4, 0.5) is 13.2 Å². The molecule has 0 atom stereocenters. The number of halogens is 3. The number of carbonyl (C=O) groups is 1. The van der Waals surface area contributed by atoms with Crippen molar-refractivity contribution < 1.29 is 18.0 Å². The minimum atomic E-state index is -4.80. The summed E-state index contributed by atoms with van der Waals surface area (Å²) in [5.74, 6) is -1.78. The van der Waals surface area contributed by atoms with Gasteiger partial charge in [-0.3, -0.25) is 4.79 Å². The third-order valence-corrected chi connectivity index (χ3v) is 2.59. The lowest BCUT2D eigenvalue weighted by atomic mass is 10.2. The molecule has 0 aliphatic rings. The van der Waals surface area contributed by atoms with Gasteiger partial charge in [-0.2, -0.15) is 13.2 Å². The van der Waals surface area contributed by atoms with Gasteiger partial charge in [-0.25, -0.2) is 0 Å². The fourth-order valence-corrected chi connectivity index (χ4v) is 1.64. The Bertz CT molecular complexity index is 407. The first-order valence-electron chi connectivity index (χ1n) is 5.83. The maximum absolute atomic E-state index is 12.2. The van der Waals surface area contributed by atoms with E-state index in [0.717, 1.165) is 25.7 Å². The summed E-state index contributed by atoms with van der Waals surface area (Å²) < 4.78 is 38.1. The van der Waals surface area contributed by atoms with Gasteiger partial charge in [0.15, 0.2) is 0 Å². The lowest BCUT2D eigenvalue weighted by molar-refractivity contribution is -0.0885. The standard InChI is InChI=1S/C13H16F3NO/c1-2-3-4-5-6-8-17-9-7-11(10-17)12(18)13(14,15)16/h2,7,9-10H,1,3-6,8H2. The first-order valence-corrected chi connectivity index (χ1v) is 5.83. The molecule has 18 heavy (non-hydrogen) atoms. The molecule has 0 aliphatic heterocycles. The summed E-state index contributed by atoms with van der Waals surface area (Å²) in [5.41, 5.74) is -0.298. The zero-order valence-corrected chi connectivity index (χ0v) is 10.0. The second-order valence-electron chi connectivity index (χ2n) is 4.10. The average Bonchev–Trinajstić information content (AvgIpc) is 2.75. The SMILES string of the molecule is C=CCCCCCn1ccc(C(=O)C(F)(F)F)c1. The summed E-state index contributed by atoms with van der Waals surface area (Å²) in [7, 11) is 0. The molecule has 0 saturated carbocycles. The molecule has 0 aliphatic carbocycles.